The van der Waals surface area contributed by atoms with E-state index in [0.29, 0.717) is 5.75 Å². The number of aryl methyl sites for hydroxylation is 1. The van der Waals surface area contributed by atoms with E-state index in [4.69, 9.17) is 4.74 Å². The van der Waals surface area contributed by atoms with Gasteiger partial charge in [-0.3, -0.25) is 0 Å². The third-order valence-electron chi connectivity index (χ3n) is 3.54. The molecule has 120 valence electrons. The van der Waals surface area contributed by atoms with Crippen molar-refractivity contribution in [1.82, 2.24) is 14.1 Å². The van der Waals surface area contributed by atoms with Gasteiger partial charge >= 0.3 is 0 Å². The van der Waals surface area contributed by atoms with E-state index < -0.39 is 10.0 Å². The maximum Gasteiger partial charge on any atom is 0.244 e. The van der Waals surface area contributed by atoms with Crippen LogP contribution in [0.5, 0.6) is 5.75 Å². The van der Waals surface area contributed by atoms with Crippen LogP contribution in [0.1, 0.15) is 11.1 Å². The highest BCUT2D eigenvalue weighted by molar-refractivity contribution is 7.89. The summed E-state index contributed by atoms with van der Waals surface area (Å²) in [6, 6.07) is 8.75. The van der Waals surface area contributed by atoms with Crippen LogP contribution in [0.15, 0.2) is 53.8 Å². The quantitative estimate of drug-likeness (QED) is 0.777. The molecule has 3 rings (SSSR count). The third-order valence-corrected chi connectivity index (χ3v) is 4.96. The van der Waals surface area contributed by atoms with Crippen molar-refractivity contribution in [3.05, 3.63) is 60.0 Å². The molecule has 0 spiro atoms. The number of sulfonamides is 1. The zero-order valence-corrected chi connectivity index (χ0v) is 13.7. The highest BCUT2D eigenvalue weighted by Crippen LogP contribution is 2.24. The molecule has 0 saturated carbocycles. The van der Waals surface area contributed by atoms with E-state index in [1.54, 1.807) is 18.3 Å². The van der Waals surface area contributed by atoms with Crippen molar-refractivity contribution in [1.29, 1.82) is 0 Å². The van der Waals surface area contributed by atoms with Gasteiger partial charge in [0.05, 0.1) is 7.11 Å². The van der Waals surface area contributed by atoms with Crippen molar-refractivity contribution in [2.75, 3.05) is 7.11 Å². The summed E-state index contributed by atoms with van der Waals surface area (Å²) in [5, 5.41) is 0. The fourth-order valence-electron chi connectivity index (χ4n) is 2.31. The molecule has 0 unspecified atom stereocenters. The van der Waals surface area contributed by atoms with Gasteiger partial charge in [-0.25, -0.2) is 18.1 Å². The Morgan fingerprint density at radius 1 is 1.22 bits per heavy atom. The summed E-state index contributed by atoms with van der Waals surface area (Å²) in [5.74, 6) is 0.326. The van der Waals surface area contributed by atoms with Gasteiger partial charge in [0, 0.05) is 25.1 Å². The largest absolute Gasteiger partial charge is 0.495 e. The molecule has 2 heterocycles. The molecule has 6 nitrogen and oxygen atoms in total. The minimum atomic E-state index is -3.67. The number of pyridine rings is 1. The second-order valence-corrected chi connectivity index (χ2v) is 6.94. The van der Waals surface area contributed by atoms with E-state index in [0.717, 1.165) is 16.8 Å². The fraction of sp³-hybridized carbons (Fsp3) is 0.188. The Bertz CT molecular complexity index is 948. The lowest BCUT2D eigenvalue weighted by atomic mass is 10.2. The molecule has 2 aromatic heterocycles. The molecule has 0 aliphatic heterocycles. The zero-order chi connectivity index (χ0) is 16.4. The zero-order valence-electron chi connectivity index (χ0n) is 12.9. The summed E-state index contributed by atoms with van der Waals surface area (Å²) >= 11 is 0. The molecule has 0 radical (unpaired) electrons. The summed E-state index contributed by atoms with van der Waals surface area (Å²) < 4.78 is 34.7. The molecule has 0 fully saturated rings. The molecule has 0 atom stereocenters. The van der Waals surface area contributed by atoms with Gasteiger partial charge in [-0.15, -0.1) is 0 Å². The van der Waals surface area contributed by atoms with E-state index in [1.807, 2.05) is 41.9 Å². The Morgan fingerprint density at radius 3 is 2.83 bits per heavy atom. The van der Waals surface area contributed by atoms with Gasteiger partial charge in [-0.05, 0) is 42.3 Å². The molecular weight excluding hydrogens is 314 g/mol. The summed E-state index contributed by atoms with van der Waals surface area (Å²) in [4.78, 5) is 4.33. The number of rotatable bonds is 5. The molecule has 1 aromatic carbocycles. The van der Waals surface area contributed by atoms with Gasteiger partial charge in [0.25, 0.3) is 0 Å². The number of imidazole rings is 1. The summed E-state index contributed by atoms with van der Waals surface area (Å²) in [6.07, 6.45) is 5.38. The van der Waals surface area contributed by atoms with E-state index >= 15 is 0 Å². The first-order valence-electron chi connectivity index (χ1n) is 7.05. The van der Waals surface area contributed by atoms with Crippen molar-refractivity contribution >= 4 is 15.7 Å². The standard InChI is InChI=1S/C16H17N3O3S/c1-12-3-4-14(22-2)15(9-12)23(20,21)18-11-13-5-7-19-8-6-17-16(19)10-13/h3-10,18H,11H2,1-2H3. The molecule has 3 aromatic rings. The van der Waals surface area contributed by atoms with Crippen LogP contribution in [0.3, 0.4) is 0 Å². The van der Waals surface area contributed by atoms with Crippen molar-refractivity contribution < 1.29 is 13.2 Å². The van der Waals surface area contributed by atoms with Crippen molar-refractivity contribution in [2.45, 2.75) is 18.4 Å². The second kappa shape index (κ2) is 6.02. The number of nitrogens with one attached hydrogen (secondary N) is 1. The second-order valence-electron chi connectivity index (χ2n) is 5.21. The number of nitrogens with zero attached hydrogens (tertiary/aromatic N) is 2. The maximum absolute atomic E-state index is 12.5. The van der Waals surface area contributed by atoms with Crippen LogP contribution < -0.4 is 9.46 Å². The van der Waals surface area contributed by atoms with Gasteiger partial charge in [-0.2, -0.15) is 0 Å². The molecule has 0 aliphatic carbocycles. The maximum atomic E-state index is 12.5. The predicted molar refractivity (Wildman–Crippen MR) is 86.9 cm³/mol. The number of methoxy groups -OCH3 is 1. The molecule has 0 amide bonds. The molecule has 0 aliphatic rings. The number of hydrogen-bond acceptors (Lipinski definition) is 4. The SMILES string of the molecule is COc1ccc(C)cc1S(=O)(=O)NCc1ccn2ccnc2c1. The van der Waals surface area contributed by atoms with Crippen LogP contribution in [0.25, 0.3) is 5.65 Å². The Kier molecular flexibility index (Phi) is 4.06. The normalized spacial score (nSPS) is 11.7. The first-order valence-corrected chi connectivity index (χ1v) is 8.54. The van der Waals surface area contributed by atoms with Gasteiger partial charge in [0.15, 0.2) is 0 Å². The van der Waals surface area contributed by atoms with E-state index in [1.165, 1.54) is 7.11 Å². The van der Waals surface area contributed by atoms with Crippen molar-refractivity contribution in [3.8, 4) is 5.75 Å². The van der Waals surface area contributed by atoms with Crippen LogP contribution in [-0.2, 0) is 16.6 Å². The van der Waals surface area contributed by atoms with Crippen molar-refractivity contribution in [2.24, 2.45) is 0 Å². The lowest BCUT2D eigenvalue weighted by Gasteiger charge is -2.11. The summed E-state index contributed by atoms with van der Waals surface area (Å²) in [6.45, 7) is 2.02. The van der Waals surface area contributed by atoms with Gasteiger partial charge in [-0.1, -0.05) is 6.07 Å². The predicted octanol–water partition coefficient (Wildman–Crippen LogP) is 2.13. The number of fused-ring (bicyclic) bond motifs is 1. The van der Waals surface area contributed by atoms with Crippen molar-refractivity contribution in [3.63, 3.8) is 0 Å². The summed E-state index contributed by atoms with van der Waals surface area (Å²) in [5.41, 5.74) is 2.46. The lowest BCUT2D eigenvalue weighted by Crippen LogP contribution is -2.24. The topological polar surface area (TPSA) is 72.7 Å². The highest BCUT2D eigenvalue weighted by Gasteiger charge is 2.19. The average Bonchev–Trinajstić information content (AvgIpc) is 3.00. The Labute approximate surface area is 134 Å². The Balaban J connectivity index is 1.85. The first-order chi connectivity index (χ1) is 11.0. The highest BCUT2D eigenvalue weighted by atomic mass is 32.2. The van der Waals surface area contributed by atoms with Crippen LogP contribution >= 0.6 is 0 Å². The smallest absolute Gasteiger partial charge is 0.244 e. The molecule has 0 saturated heterocycles. The first kappa shape index (κ1) is 15.5. The van der Waals surface area contributed by atoms with Crippen LogP contribution in [0.4, 0.5) is 0 Å². The lowest BCUT2D eigenvalue weighted by molar-refractivity contribution is 0.402. The van der Waals surface area contributed by atoms with E-state index in [2.05, 4.69) is 9.71 Å². The van der Waals surface area contributed by atoms with Crippen LogP contribution in [0.2, 0.25) is 0 Å². The Morgan fingerprint density at radius 2 is 2.04 bits per heavy atom. The number of benzene rings is 1. The number of ether oxygens (including phenoxy) is 1. The van der Waals surface area contributed by atoms with E-state index in [-0.39, 0.29) is 11.4 Å². The van der Waals surface area contributed by atoms with Gasteiger partial charge in [0.1, 0.15) is 16.3 Å². The number of hydrogen-bond donors (Lipinski definition) is 1. The van der Waals surface area contributed by atoms with E-state index in [9.17, 15) is 8.42 Å². The molecule has 23 heavy (non-hydrogen) atoms. The van der Waals surface area contributed by atoms with Crippen LogP contribution in [-0.4, -0.2) is 24.9 Å². The summed E-state index contributed by atoms with van der Waals surface area (Å²) in [7, 11) is -2.21. The monoisotopic (exact) mass is 331 g/mol. The Hall–Kier alpha value is -2.38. The minimum Gasteiger partial charge on any atom is -0.495 e. The molecular formula is C16H17N3O3S. The van der Waals surface area contributed by atoms with Gasteiger partial charge < -0.3 is 9.14 Å². The van der Waals surface area contributed by atoms with Gasteiger partial charge in [0.2, 0.25) is 10.0 Å². The average molecular weight is 331 g/mol. The molecule has 7 heteroatoms. The third kappa shape index (κ3) is 3.20. The fourth-order valence-corrected chi connectivity index (χ4v) is 3.58. The number of aromatic nitrogens is 2. The minimum absolute atomic E-state index is 0.141. The molecule has 0 bridgehead atoms. The van der Waals surface area contributed by atoms with Crippen LogP contribution in [0, 0.1) is 6.92 Å². The molecule has 1 N–H and O–H groups in total.